The first-order valence-electron chi connectivity index (χ1n) is 5.50. The number of halogens is 1. The Balaban J connectivity index is 1.87. The lowest BCUT2D eigenvalue weighted by Gasteiger charge is -2.01. The Morgan fingerprint density at radius 2 is 2.15 bits per heavy atom. The summed E-state index contributed by atoms with van der Waals surface area (Å²) in [5, 5.41) is 9.64. The van der Waals surface area contributed by atoms with E-state index >= 15 is 0 Å². The van der Waals surface area contributed by atoms with Crippen molar-refractivity contribution in [2.75, 3.05) is 6.54 Å². The minimum Gasteiger partial charge on any atom is -0.352 e. The molecule has 2 heterocycles. The number of amides is 1. The van der Waals surface area contributed by atoms with E-state index in [-0.39, 0.29) is 10.1 Å². The fourth-order valence-electron chi connectivity index (χ4n) is 1.48. The van der Waals surface area contributed by atoms with Crippen LogP contribution in [0.25, 0.3) is 0 Å². The first-order chi connectivity index (χ1) is 9.36. The Bertz CT molecular complexity index is 721. The van der Waals surface area contributed by atoms with E-state index in [2.05, 4.69) is 27.9 Å². The minimum atomic E-state index is -3.63. The van der Waals surface area contributed by atoms with Gasteiger partial charge in [-0.2, -0.15) is 0 Å². The number of sulfonamides is 1. The highest BCUT2D eigenvalue weighted by atomic mass is 127. The van der Waals surface area contributed by atoms with Gasteiger partial charge in [0, 0.05) is 16.8 Å². The van der Waals surface area contributed by atoms with Crippen LogP contribution in [0.15, 0.2) is 27.8 Å². The highest BCUT2D eigenvalue weighted by molar-refractivity contribution is 14.1. The first kappa shape index (κ1) is 15.9. The van der Waals surface area contributed by atoms with Gasteiger partial charge in [0.05, 0.1) is 8.45 Å². The van der Waals surface area contributed by atoms with Crippen molar-refractivity contribution < 1.29 is 13.2 Å². The summed E-state index contributed by atoms with van der Waals surface area (Å²) in [6.07, 6.45) is 0.577. The molecule has 2 rings (SSSR count). The maximum Gasteiger partial charge on any atom is 0.252 e. The molecule has 2 aromatic heterocycles. The van der Waals surface area contributed by atoms with E-state index in [1.54, 1.807) is 11.4 Å². The lowest BCUT2D eigenvalue weighted by atomic mass is 10.3. The van der Waals surface area contributed by atoms with Crippen molar-refractivity contribution in [3.63, 3.8) is 0 Å². The summed E-state index contributed by atoms with van der Waals surface area (Å²) in [6, 6.07) is 5.02. The van der Waals surface area contributed by atoms with Gasteiger partial charge in [-0.3, -0.25) is 4.79 Å². The summed E-state index contributed by atoms with van der Waals surface area (Å²) >= 11 is 4.81. The molecule has 9 heteroatoms. The number of carbonyl (C=O) groups excluding carboxylic acids is 1. The molecule has 3 N–H and O–H groups in total. The molecule has 0 spiro atoms. The molecule has 0 aliphatic heterocycles. The van der Waals surface area contributed by atoms with Crippen LogP contribution in [0.3, 0.4) is 0 Å². The molecule has 0 fully saturated rings. The van der Waals surface area contributed by atoms with Gasteiger partial charge in [0.15, 0.2) is 0 Å². The third-order valence-electron chi connectivity index (χ3n) is 2.40. The summed E-state index contributed by atoms with van der Waals surface area (Å²) in [5.74, 6) is -0.118. The van der Waals surface area contributed by atoms with Gasteiger partial charge in [-0.05, 0) is 47.2 Å². The number of rotatable bonds is 5. The van der Waals surface area contributed by atoms with Crippen LogP contribution in [0, 0.1) is 2.88 Å². The zero-order valence-corrected chi connectivity index (χ0v) is 14.7. The third-order valence-corrected chi connectivity index (χ3v) is 6.78. The zero-order chi connectivity index (χ0) is 14.8. The molecule has 0 saturated heterocycles. The molecule has 0 atom stereocenters. The molecule has 20 heavy (non-hydrogen) atoms. The van der Waals surface area contributed by atoms with E-state index in [0.717, 1.165) is 19.1 Å². The van der Waals surface area contributed by atoms with E-state index in [1.807, 2.05) is 6.07 Å². The largest absolute Gasteiger partial charge is 0.352 e. The topological polar surface area (TPSA) is 89.3 Å². The van der Waals surface area contributed by atoms with Crippen molar-refractivity contribution in [2.24, 2.45) is 5.14 Å². The maximum atomic E-state index is 11.8. The zero-order valence-electron chi connectivity index (χ0n) is 10.1. The van der Waals surface area contributed by atoms with Crippen molar-refractivity contribution in [3.8, 4) is 0 Å². The molecule has 0 saturated carbocycles. The van der Waals surface area contributed by atoms with E-state index in [9.17, 15) is 13.2 Å². The maximum absolute atomic E-state index is 11.8. The molecule has 0 aromatic carbocycles. The molecular formula is C11H11IN2O3S3. The molecule has 0 radical (unpaired) electrons. The summed E-state index contributed by atoms with van der Waals surface area (Å²) < 4.78 is 23.5. The number of nitrogens with one attached hydrogen (secondary N) is 1. The average molecular weight is 442 g/mol. The Hall–Kier alpha value is -0.490. The van der Waals surface area contributed by atoms with Crippen molar-refractivity contribution >= 4 is 61.2 Å². The van der Waals surface area contributed by atoms with Crippen LogP contribution >= 0.6 is 45.3 Å². The molecule has 108 valence electrons. The van der Waals surface area contributed by atoms with Gasteiger partial charge in [-0.15, -0.1) is 22.7 Å². The Kier molecular flexibility index (Phi) is 5.18. The van der Waals surface area contributed by atoms with Gasteiger partial charge >= 0.3 is 0 Å². The monoisotopic (exact) mass is 442 g/mol. The third kappa shape index (κ3) is 4.25. The van der Waals surface area contributed by atoms with Crippen LogP contribution in [-0.4, -0.2) is 20.9 Å². The van der Waals surface area contributed by atoms with E-state index in [0.29, 0.717) is 18.5 Å². The van der Waals surface area contributed by atoms with Crippen LogP contribution < -0.4 is 10.5 Å². The molecule has 2 aromatic rings. The van der Waals surface area contributed by atoms with Gasteiger partial charge in [0.2, 0.25) is 10.0 Å². The highest BCUT2D eigenvalue weighted by Crippen LogP contribution is 2.20. The predicted octanol–water partition coefficient (Wildman–Crippen LogP) is 2.03. The fourth-order valence-corrected chi connectivity index (χ4v) is 4.58. The minimum absolute atomic E-state index is 0.118. The van der Waals surface area contributed by atoms with Gasteiger partial charge in [0.25, 0.3) is 5.91 Å². The average Bonchev–Trinajstić information content (AvgIpc) is 2.97. The van der Waals surface area contributed by atoms with Crippen LogP contribution in [0.5, 0.6) is 0 Å². The summed E-state index contributed by atoms with van der Waals surface area (Å²) in [6.45, 7) is 0.454. The smallest absolute Gasteiger partial charge is 0.252 e. The standard InChI is InChI=1S/C11H11IN2O3S3/c12-9-5-7(6-18-9)11(15)14-4-3-8-1-2-10(19-8)20(13,16)17/h1-2,5-6H,3-4H2,(H,14,15)(H2,13,16,17). The van der Waals surface area contributed by atoms with Crippen molar-refractivity contribution in [3.05, 3.63) is 36.9 Å². The number of nitrogens with two attached hydrogens (primary N) is 1. The van der Waals surface area contributed by atoms with Gasteiger partial charge in [-0.25, -0.2) is 13.6 Å². The molecule has 0 aliphatic carbocycles. The SMILES string of the molecule is NS(=O)(=O)c1ccc(CCNC(=O)c2csc(I)c2)s1. The molecule has 1 amide bonds. The fraction of sp³-hybridized carbons (Fsp3) is 0.182. The van der Waals surface area contributed by atoms with Crippen LogP contribution in [-0.2, 0) is 16.4 Å². The second-order valence-electron chi connectivity index (χ2n) is 3.91. The Labute approximate surface area is 138 Å². The lowest BCUT2D eigenvalue weighted by molar-refractivity contribution is 0.0954. The number of primary sulfonamides is 1. The predicted molar refractivity (Wildman–Crippen MR) is 88.8 cm³/mol. The van der Waals surface area contributed by atoms with Crippen molar-refractivity contribution in [1.82, 2.24) is 5.32 Å². The highest BCUT2D eigenvalue weighted by Gasteiger charge is 2.11. The molecule has 5 nitrogen and oxygen atoms in total. The van der Waals surface area contributed by atoms with Crippen LogP contribution in [0.1, 0.15) is 15.2 Å². The van der Waals surface area contributed by atoms with Gasteiger partial charge in [-0.1, -0.05) is 0 Å². The van der Waals surface area contributed by atoms with E-state index in [1.165, 1.54) is 17.4 Å². The molecular weight excluding hydrogens is 431 g/mol. The van der Waals surface area contributed by atoms with Gasteiger partial charge < -0.3 is 5.32 Å². The molecule has 0 aliphatic rings. The molecule has 0 bridgehead atoms. The van der Waals surface area contributed by atoms with Crippen molar-refractivity contribution in [2.45, 2.75) is 10.6 Å². The van der Waals surface area contributed by atoms with E-state index in [4.69, 9.17) is 5.14 Å². The number of hydrogen-bond donors (Lipinski definition) is 2. The van der Waals surface area contributed by atoms with E-state index < -0.39 is 10.0 Å². The Morgan fingerprint density at radius 3 is 2.70 bits per heavy atom. The Morgan fingerprint density at radius 1 is 1.40 bits per heavy atom. The van der Waals surface area contributed by atoms with Crippen molar-refractivity contribution in [1.29, 1.82) is 0 Å². The lowest BCUT2D eigenvalue weighted by Crippen LogP contribution is -2.25. The second kappa shape index (κ2) is 6.52. The normalized spacial score (nSPS) is 11.5. The second-order valence-corrected chi connectivity index (χ2v) is 9.67. The molecule has 0 unspecified atom stereocenters. The number of thiophene rings is 2. The first-order valence-corrected chi connectivity index (χ1v) is 9.82. The number of hydrogen-bond acceptors (Lipinski definition) is 5. The quantitative estimate of drug-likeness (QED) is 0.695. The summed E-state index contributed by atoms with van der Waals surface area (Å²) in [7, 11) is -3.63. The number of carbonyl (C=O) groups is 1. The van der Waals surface area contributed by atoms with Crippen LogP contribution in [0.2, 0.25) is 0 Å². The van der Waals surface area contributed by atoms with Gasteiger partial charge in [0.1, 0.15) is 4.21 Å². The summed E-state index contributed by atoms with van der Waals surface area (Å²) in [5.41, 5.74) is 0.649. The van der Waals surface area contributed by atoms with Crippen LogP contribution in [0.4, 0.5) is 0 Å². The summed E-state index contributed by atoms with van der Waals surface area (Å²) in [4.78, 5) is 12.7.